The summed E-state index contributed by atoms with van der Waals surface area (Å²) in [4.78, 5) is 27.0. The maximum atomic E-state index is 13.0. The molecule has 0 saturated carbocycles. The maximum absolute atomic E-state index is 13.0. The summed E-state index contributed by atoms with van der Waals surface area (Å²) in [5.74, 6) is 0.761. The Labute approximate surface area is 134 Å². The van der Waals surface area contributed by atoms with Crippen molar-refractivity contribution < 1.29 is 23.8 Å². The van der Waals surface area contributed by atoms with E-state index in [4.69, 9.17) is 14.2 Å². The lowest BCUT2D eigenvalue weighted by Gasteiger charge is -2.36. The van der Waals surface area contributed by atoms with Crippen molar-refractivity contribution in [3.05, 3.63) is 23.8 Å². The van der Waals surface area contributed by atoms with Gasteiger partial charge in [0.15, 0.2) is 11.5 Å². The molecule has 2 amide bonds. The second-order valence-electron chi connectivity index (χ2n) is 5.67. The van der Waals surface area contributed by atoms with Crippen LogP contribution in [0.3, 0.4) is 0 Å². The van der Waals surface area contributed by atoms with E-state index in [0.29, 0.717) is 30.0 Å². The van der Waals surface area contributed by atoms with Gasteiger partial charge in [0, 0.05) is 26.3 Å². The number of nitrogens with zero attached hydrogens (tertiary/aromatic N) is 1. The number of carbonyl (C=O) groups is 2. The van der Waals surface area contributed by atoms with Crippen molar-refractivity contribution in [2.24, 2.45) is 0 Å². The van der Waals surface area contributed by atoms with Crippen LogP contribution in [0.4, 0.5) is 0 Å². The van der Waals surface area contributed by atoms with Crippen molar-refractivity contribution in [3.8, 4) is 11.5 Å². The molecule has 3 rings (SSSR count). The van der Waals surface area contributed by atoms with Gasteiger partial charge < -0.3 is 24.4 Å². The number of carbonyl (C=O) groups excluding carboxylic acids is 2. The highest BCUT2D eigenvalue weighted by atomic mass is 16.7. The van der Waals surface area contributed by atoms with E-state index in [1.165, 1.54) is 7.11 Å². The molecule has 1 N–H and O–H groups in total. The minimum absolute atomic E-state index is 0.155. The summed E-state index contributed by atoms with van der Waals surface area (Å²) in [6.45, 7) is 0.843. The van der Waals surface area contributed by atoms with Crippen molar-refractivity contribution in [2.75, 3.05) is 34.1 Å². The lowest BCUT2D eigenvalue weighted by atomic mass is 9.95. The standard InChI is InChI=1S/C16H20N2O5/c1-17-15(20)16(9-21-2)6-3-7-18(16)14(19)11-4-5-12-13(8-11)23-10-22-12/h4-5,8H,3,6-7,9-10H2,1-2H3,(H,17,20). The number of ether oxygens (including phenoxy) is 3. The highest BCUT2D eigenvalue weighted by Gasteiger charge is 2.49. The van der Waals surface area contributed by atoms with Crippen LogP contribution < -0.4 is 14.8 Å². The molecule has 1 fully saturated rings. The molecule has 7 nitrogen and oxygen atoms in total. The molecule has 1 unspecified atom stereocenters. The fraction of sp³-hybridized carbons (Fsp3) is 0.500. The minimum Gasteiger partial charge on any atom is -0.454 e. The number of rotatable bonds is 4. The molecule has 124 valence electrons. The molecular formula is C16H20N2O5. The fourth-order valence-corrected chi connectivity index (χ4v) is 3.28. The van der Waals surface area contributed by atoms with Gasteiger partial charge in [-0.25, -0.2) is 0 Å². The second kappa shape index (κ2) is 6.08. The maximum Gasteiger partial charge on any atom is 0.254 e. The molecule has 0 radical (unpaired) electrons. The molecule has 23 heavy (non-hydrogen) atoms. The van der Waals surface area contributed by atoms with Gasteiger partial charge in [0.2, 0.25) is 12.7 Å². The molecule has 2 heterocycles. The molecule has 2 aliphatic heterocycles. The fourth-order valence-electron chi connectivity index (χ4n) is 3.28. The first-order valence-electron chi connectivity index (χ1n) is 7.55. The van der Waals surface area contributed by atoms with E-state index in [9.17, 15) is 9.59 Å². The first-order chi connectivity index (χ1) is 11.1. The summed E-state index contributed by atoms with van der Waals surface area (Å²) in [6.07, 6.45) is 1.34. The number of hydrogen-bond donors (Lipinski definition) is 1. The topological polar surface area (TPSA) is 77.1 Å². The van der Waals surface area contributed by atoms with Crippen molar-refractivity contribution in [1.29, 1.82) is 0 Å². The number of hydrogen-bond acceptors (Lipinski definition) is 5. The summed E-state index contributed by atoms with van der Waals surface area (Å²) < 4.78 is 15.8. The number of likely N-dealkylation sites (N-methyl/N-ethyl adjacent to an activating group) is 1. The van der Waals surface area contributed by atoms with Crippen LogP contribution in [0.15, 0.2) is 18.2 Å². The van der Waals surface area contributed by atoms with Crippen molar-refractivity contribution in [2.45, 2.75) is 18.4 Å². The van der Waals surface area contributed by atoms with Gasteiger partial charge in [-0.3, -0.25) is 9.59 Å². The third-order valence-corrected chi connectivity index (χ3v) is 4.39. The van der Waals surface area contributed by atoms with Crippen LogP contribution in [0.2, 0.25) is 0 Å². The van der Waals surface area contributed by atoms with Crippen molar-refractivity contribution in [1.82, 2.24) is 10.2 Å². The molecule has 1 atom stereocenters. The van der Waals surface area contributed by atoms with Crippen LogP contribution in [0.25, 0.3) is 0 Å². The first kappa shape index (κ1) is 15.6. The predicted octanol–water partition coefficient (Wildman–Crippen LogP) is 0.782. The Morgan fingerprint density at radius 2 is 2.13 bits per heavy atom. The molecule has 0 aromatic heterocycles. The monoisotopic (exact) mass is 320 g/mol. The summed E-state index contributed by atoms with van der Waals surface area (Å²) >= 11 is 0. The zero-order chi connectivity index (χ0) is 16.4. The number of nitrogens with one attached hydrogen (secondary N) is 1. The largest absolute Gasteiger partial charge is 0.454 e. The smallest absolute Gasteiger partial charge is 0.254 e. The SMILES string of the molecule is CNC(=O)C1(COC)CCCN1C(=O)c1ccc2c(c1)OCO2. The third-order valence-electron chi connectivity index (χ3n) is 4.39. The zero-order valence-electron chi connectivity index (χ0n) is 13.3. The average molecular weight is 320 g/mol. The Kier molecular flexibility index (Phi) is 4.12. The van der Waals surface area contributed by atoms with Crippen LogP contribution in [-0.2, 0) is 9.53 Å². The number of methoxy groups -OCH3 is 1. The third kappa shape index (κ3) is 2.50. The summed E-state index contributed by atoms with van der Waals surface area (Å²) in [5.41, 5.74) is -0.489. The van der Waals surface area contributed by atoms with Crippen molar-refractivity contribution >= 4 is 11.8 Å². The van der Waals surface area contributed by atoms with Crippen LogP contribution in [-0.4, -0.2) is 56.4 Å². The first-order valence-corrected chi connectivity index (χ1v) is 7.55. The lowest BCUT2D eigenvalue weighted by Crippen LogP contribution is -2.59. The van der Waals surface area contributed by atoms with E-state index in [2.05, 4.69) is 5.32 Å². The van der Waals surface area contributed by atoms with Crippen LogP contribution in [0.1, 0.15) is 23.2 Å². The van der Waals surface area contributed by atoms with Gasteiger partial charge in [-0.05, 0) is 31.0 Å². The van der Waals surface area contributed by atoms with Crippen molar-refractivity contribution in [3.63, 3.8) is 0 Å². The number of benzene rings is 1. The van der Waals surface area contributed by atoms with Gasteiger partial charge in [0.25, 0.3) is 5.91 Å². The Hall–Kier alpha value is -2.28. The number of amides is 2. The van der Waals surface area contributed by atoms with E-state index in [1.807, 2.05) is 0 Å². The van der Waals surface area contributed by atoms with Gasteiger partial charge in [-0.1, -0.05) is 0 Å². The molecule has 0 bridgehead atoms. The summed E-state index contributed by atoms with van der Waals surface area (Å²) in [5, 5.41) is 2.65. The molecule has 0 aliphatic carbocycles. The summed E-state index contributed by atoms with van der Waals surface area (Å²) in [6, 6.07) is 5.06. The van der Waals surface area contributed by atoms with Gasteiger partial charge in [0.1, 0.15) is 5.54 Å². The molecule has 1 saturated heterocycles. The molecule has 1 aromatic rings. The molecule has 7 heteroatoms. The van der Waals surface area contributed by atoms with Gasteiger partial charge in [0.05, 0.1) is 6.61 Å². The Bertz CT molecular complexity index is 633. The minimum atomic E-state index is -0.961. The van der Waals surface area contributed by atoms with Gasteiger partial charge in [-0.15, -0.1) is 0 Å². The number of fused-ring (bicyclic) bond motifs is 1. The van der Waals surface area contributed by atoms with E-state index in [-0.39, 0.29) is 25.2 Å². The van der Waals surface area contributed by atoms with Crippen LogP contribution in [0.5, 0.6) is 11.5 Å². The molecule has 1 aromatic carbocycles. The molecular weight excluding hydrogens is 300 g/mol. The Morgan fingerprint density at radius 3 is 2.87 bits per heavy atom. The average Bonchev–Trinajstić information content (AvgIpc) is 3.20. The highest BCUT2D eigenvalue weighted by molar-refractivity contribution is 6.00. The van der Waals surface area contributed by atoms with Gasteiger partial charge in [-0.2, -0.15) is 0 Å². The van der Waals surface area contributed by atoms with E-state index in [1.54, 1.807) is 30.1 Å². The summed E-state index contributed by atoms with van der Waals surface area (Å²) in [7, 11) is 3.10. The van der Waals surface area contributed by atoms with E-state index >= 15 is 0 Å². The van der Waals surface area contributed by atoms with Crippen LogP contribution >= 0.6 is 0 Å². The lowest BCUT2D eigenvalue weighted by molar-refractivity contribution is -0.133. The van der Waals surface area contributed by atoms with Gasteiger partial charge >= 0.3 is 0 Å². The van der Waals surface area contributed by atoms with E-state index < -0.39 is 5.54 Å². The zero-order valence-corrected chi connectivity index (χ0v) is 13.3. The molecule has 0 spiro atoms. The Morgan fingerprint density at radius 1 is 1.35 bits per heavy atom. The highest BCUT2D eigenvalue weighted by Crippen LogP contribution is 2.35. The predicted molar refractivity (Wildman–Crippen MR) is 81.5 cm³/mol. The second-order valence-corrected chi connectivity index (χ2v) is 5.67. The normalized spacial score (nSPS) is 22.3. The quantitative estimate of drug-likeness (QED) is 0.887. The molecule has 2 aliphatic rings. The number of likely N-dealkylation sites (tertiary alicyclic amines) is 1. The Balaban J connectivity index is 1.92. The van der Waals surface area contributed by atoms with E-state index in [0.717, 1.165) is 6.42 Å². The van der Waals surface area contributed by atoms with Crippen LogP contribution in [0, 0.1) is 0 Å².